The van der Waals surface area contributed by atoms with E-state index < -0.39 is 5.82 Å². The van der Waals surface area contributed by atoms with E-state index in [9.17, 15) is 9.18 Å². The van der Waals surface area contributed by atoms with Gasteiger partial charge in [0, 0.05) is 17.5 Å². The fourth-order valence-electron chi connectivity index (χ4n) is 1.61. The van der Waals surface area contributed by atoms with E-state index in [2.05, 4.69) is 4.98 Å². The van der Waals surface area contributed by atoms with Crippen molar-refractivity contribution in [3.8, 4) is 0 Å². The highest BCUT2D eigenvalue weighted by Gasteiger charge is 2.10. The smallest absolute Gasteiger partial charge is 0.165 e. The third-order valence-electron chi connectivity index (χ3n) is 2.48. The van der Waals surface area contributed by atoms with Gasteiger partial charge in [-0.2, -0.15) is 0 Å². The number of halogens is 1. The molecular formula is C13H12FNOS. The minimum Gasteiger partial charge on any atom is -0.294 e. The Morgan fingerprint density at radius 2 is 2.29 bits per heavy atom. The van der Waals surface area contributed by atoms with E-state index >= 15 is 0 Å². The number of hydrogen-bond donors (Lipinski definition) is 0. The van der Waals surface area contributed by atoms with Crippen LogP contribution in [-0.2, 0) is 6.42 Å². The standard InChI is InChI=1S/C13H12FNOS/c14-12-9-15-7-6-11(12)13(16)5-1-3-10-4-2-8-17-10/h2,4,6-9H,1,3,5H2. The number of nitrogens with zero attached hydrogens (tertiary/aromatic N) is 1. The number of carbonyl (C=O) groups is 1. The highest BCUT2D eigenvalue weighted by Crippen LogP contribution is 2.14. The number of carbonyl (C=O) groups excluding carboxylic acids is 1. The van der Waals surface area contributed by atoms with Gasteiger partial charge in [-0.15, -0.1) is 11.3 Å². The molecule has 0 saturated heterocycles. The monoisotopic (exact) mass is 249 g/mol. The van der Waals surface area contributed by atoms with Crippen molar-refractivity contribution >= 4 is 17.1 Å². The maximum Gasteiger partial charge on any atom is 0.165 e. The SMILES string of the molecule is O=C(CCCc1cccs1)c1ccncc1F. The van der Waals surface area contributed by atoms with Gasteiger partial charge in [-0.25, -0.2) is 4.39 Å². The van der Waals surface area contributed by atoms with Crippen molar-refractivity contribution in [2.45, 2.75) is 19.3 Å². The van der Waals surface area contributed by atoms with E-state index in [4.69, 9.17) is 0 Å². The molecule has 0 atom stereocenters. The number of Topliss-reactive ketones (excluding diaryl/α,β-unsaturated/α-hetero) is 1. The Morgan fingerprint density at radius 3 is 3.00 bits per heavy atom. The number of ketones is 1. The van der Waals surface area contributed by atoms with Crippen molar-refractivity contribution in [2.24, 2.45) is 0 Å². The predicted molar refractivity (Wildman–Crippen MR) is 65.8 cm³/mol. The summed E-state index contributed by atoms with van der Waals surface area (Å²) >= 11 is 1.68. The quantitative estimate of drug-likeness (QED) is 0.759. The average molecular weight is 249 g/mol. The van der Waals surface area contributed by atoms with Crippen LogP contribution in [0.5, 0.6) is 0 Å². The molecule has 0 unspecified atom stereocenters. The van der Waals surface area contributed by atoms with E-state index in [-0.39, 0.29) is 11.3 Å². The molecule has 2 heterocycles. The van der Waals surface area contributed by atoms with Crippen LogP contribution in [0.3, 0.4) is 0 Å². The Balaban J connectivity index is 1.88. The molecule has 0 aliphatic rings. The third-order valence-corrected chi connectivity index (χ3v) is 3.42. The molecule has 0 radical (unpaired) electrons. The summed E-state index contributed by atoms with van der Waals surface area (Å²) in [6, 6.07) is 5.47. The van der Waals surface area contributed by atoms with Crippen molar-refractivity contribution in [3.05, 3.63) is 52.2 Å². The highest BCUT2D eigenvalue weighted by molar-refractivity contribution is 7.09. The second-order valence-electron chi connectivity index (χ2n) is 3.71. The molecule has 0 spiro atoms. The van der Waals surface area contributed by atoms with Gasteiger partial charge in [-0.3, -0.25) is 9.78 Å². The summed E-state index contributed by atoms with van der Waals surface area (Å²) in [7, 11) is 0. The van der Waals surface area contributed by atoms with Gasteiger partial charge in [0.2, 0.25) is 0 Å². The Kier molecular flexibility index (Phi) is 3.98. The first-order valence-electron chi connectivity index (χ1n) is 5.42. The predicted octanol–water partition coefficient (Wildman–Crippen LogP) is 3.49. The number of hydrogen-bond acceptors (Lipinski definition) is 3. The van der Waals surface area contributed by atoms with Gasteiger partial charge < -0.3 is 0 Å². The Hall–Kier alpha value is -1.55. The molecule has 2 nitrogen and oxygen atoms in total. The van der Waals surface area contributed by atoms with Crippen LogP contribution < -0.4 is 0 Å². The first kappa shape index (κ1) is 11.9. The fraction of sp³-hybridized carbons (Fsp3) is 0.231. The maximum atomic E-state index is 13.3. The molecule has 0 saturated carbocycles. The summed E-state index contributed by atoms with van der Waals surface area (Å²) in [5, 5.41) is 2.01. The summed E-state index contributed by atoms with van der Waals surface area (Å²) in [6.07, 6.45) is 4.51. The molecule has 17 heavy (non-hydrogen) atoms. The molecule has 0 fully saturated rings. The van der Waals surface area contributed by atoms with E-state index in [0.717, 1.165) is 19.0 Å². The van der Waals surface area contributed by atoms with E-state index in [0.29, 0.717) is 6.42 Å². The minimum absolute atomic E-state index is 0.145. The number of aryl methyl sites for hydroxylation is 1. The van der Waals surface area contributed by atoms with Crippen molar-refractivity contribution in [1.29, 1.82) is 0 Å². The minimum atomic E-state index is -0.534. The van der Waals surface area contributed by atoms with Gasteiger partial charge in [0.1, 0.15) is 0 Å². The zero-order valence-electron chi connectivity index (χ0n) is 9.23. The van der Waals surface area contributed by atoms with Gasteiger partial charge in [0.15, 0.2) is 11.6 Å². The number of pyridine rings is 1. The lowest BCUT2D eigenvalue weighted by molar-refractivity contribution is 0.0976. The first-order chi connectivity index (χ1) is 8.27. The van der Waals surface area contributed by atoms with Crippen molar-refractivity contribution in [2.75, 3.05) is 0 Å². The molecule has 0 aromatic carbocycles. The molecule has 2 aromatic rings. The molecule has 0 amide bonds. The number of aromatic nitrogens is 1. The molecule has 0 aliphatic carbocycles. The van der Waals surface area contributed by atoms with Crippen LogP contribution in [0.25, 0.3) is 0 Å². The van der Waals surface area contributed by atoms with E-state index in [1.54, 1.807) is 11.3 Å². The number of rotatable bonds is 5. The van der Waals surface area contributed by atoms with Crippen molar-refractivity contribution in [1.82, 2.24) is 4.98 Å². The average Bonchev–Trinajstić information content (AvgIpc) is 2.82. The molecule has 2 aromatic heterocycles. The summed E-state index contributed by atoms with van der Waals surface area (Å²) in [6.45, 7) is 0. The van der Waals surface area contributed by atoms with Crippen LogP contribution in [0.15, 0.2) is 36.0 Å². The lowest BCUT2D eigenvalue weighted by Gasteiger charge is -2.01. The summed E-state index contributed by atoms with van der Waals surface area (Å²) in [4.78, 5) is 16.6. The van der Waals surface area contributed by atoms with Gasteiger partial charge in [0.25, 0.3) is 0 Å². The zero-order chi connectivity index (χ0) is 12.1. The van der Waals surface area contributed by atoms with Gasteiger partial charge in [-0.1, -0.05) is 6.07 Å². The Bertz CT molecular complexity index is 496. The topological polar surface area (TPSA) is 30.0 Å². The summed E-state index contributed by atoms with van der Waals surface area (Å²) in [5.74, 6) is -0.685. The third kappa shape index (κ3) is 3.20. The van der Waals surface area contributed by atoms with Crippen LogP contribution in [0.1, 0.15) is 28.1 Å². The second kappa shape index (κ2) is 5.68. The van der Waals surface area contributed by atoms with Crippen molar-refractivity contribution in [3.63, 3.8) is 0 Å². The van der Waals surface area contributed by atoms with Crippen LogP contribution >= 0.6 is 11.3 Å². The van der Waals surface area contributed by atoms with Crippen molar-refractivity contribution < 1.29 is 9.18 Å². The number of thiophene rings is 1. The summed E-state index contributed by atoms with van der Waals surface area (Å²) < 4.78 is 13.3. The van der Waals surface area contributed by atoms with E-state index in [1.165, 1.54) is 17.1 Å². The molecule has 88 valence electrons. The lowest BCUT2D eigenvalue weighted by atomic mass is 10.1. The molecule has 0 N–H and O–H groups in total. The van der Waals surface area contributed by atoms with Crippen LogP contribution in [0.4, 0.5) is 4.39 Å². The molecule has 4 heteroatoms. The second-order valence-corrected chi connectivity index (χ2v) is 4.74. The normalized spacial score (nSPS) is 10.4. The molecular weight excluding hydrogens is 237 g/mol. The zero-order valence-corrected chi connectivity index (χ0v) is 10.0. The highest BCUT2D eigenvalue weighted by atomic mass is 32.1. The Labute approximate surface area is 103 Å². The summed E-state index contributed by atoms with van der Waals surface area (Å²) in [5.41, 5.74) is 0.145. The maximum absolute atomic E-state index is 13.3. The molecule has 0 bridgehead atoms. The Morgan fingerprint density at radius 1 is 1.41 bits per heavy atom. The van der Waals surface area contributed by atoms with Crippen LogP contribution in [0, 0.1) is 5.82 Å². The van der Waals surface area contributed by atoms with Gasteiger partial charge in [0.05, 0.1) is 11.8 Å². The van der Waals surface area contributed by atoms with Gasteiger partial charge in [-0.05, 0) is 30.4 Å². The van der Waals surface area contributed by atoms with Gasteiger partial charge >= 0.3 is 0 Å². The molecule has 0 aliphatic heterocycles. The largest absolute Gasteiger partial charge is 0.294 e. The van der Waals surface area contributed by atoms with E-state index in [1.807, 2.05) is 17.5 Å². The lowest BCUT2D eigenvalue weighted by Crippen LogP contribution is -2.03. The fourth-order valence-corrected chi connectivity index (χ4v) is 2.37. The first-order valence-corrected chi connectivity index (χ1v) is 6.30. The van der Waals surface area contributed by atoms with Crippen LogP contribution in [-0.4, -0.2) is 10.8 Å². The van der Waals surface area contributed by atoms with Crippen LogP contribution in [0.2, 0.25) is 0 Å². The molecule has 2 rings (SSSR count).